The van der Waals surface area contributed by atoms with Crippen LogP contribution >= 0.6 is 0 Å². The van der Waals surface area contributed by atoms with Crippen LogP contribution in [0, 0.1) is 0 Å². The van der Waals surface area contributed by atoms with E-state index in [1.807, 2.05) is 37.6 Å². The molecular weight excluding hydrogens is 248 g/mol. The molecule has 0 saturated heterocycles. The molecule has 4 heteroatoms. The number of benzene rings is 1. The highest BCUT2D eigenvalue weighted by atomic mass is 15.1. The number of nitrogens with one attached hydrogen (secondary N) is 1. The third-order valence-corrected chi connectivity index (χ3v) is 3.52. The smallest absolute Gasteiger partial charge is 0.0704 e. The average molecular weight is 264 g/mol. The van der Waals surface area contributed by atoms with E-state index < -0.39 is 0 Å². The van der Waals surface area contributed by atoms with Crippen molar-refractivity contribution < 1.29 is 0 Å². The number of para-hydroxylation sites is 1. The van der Waals surface area contributed by atoms with E-state index in [-0.39, 0.29) is 6.04 Å². The highest BCUT2D eigenvalue weighted by molar-refractivity contribution is 5.81. The first-order valence-corrected chi connectivity index (χ1v) is 6.65. The highest BCUT2D eigenvalue weighted by Crippen LogP contribution is 2.22. The molecular formula is C16H16N4. The fourth-order valence-corrected chi connectivity index (χ4v) is 2.45. The molecule has 100 valence electrons. The maximum absolute atomic E-state index is 4.40. The first-order chi connectivity index (χ1) is 9.88. The standard InChI is InChI=1S/C16H16N4/c1-17-16(13-7-9-19-20-11-13)10-12-6-8-18-15-5-3-2-4-14(12)15/h2-9,11,16-17H,10H2,1H3. The van der Waals surface area contributed by atoms with Gasteiger partial charge in [0, 0.05) is 23.8 Å². The van der Waals surface area contributed by atoms with Gasteiger partial charge in [0.1, 0.15) is 0 Å². The summed E-state index contributed by atoms with van der Waals surface area (Å²) < 4.78 is 0. The zero-order valence-electron chi connectivity index (χ0n) is 11.3. The molecule has 3 rings (SSSR count). The Hall–Kier alpha value is -2.33. The van der Waals surface area contributed by atoms with E-state index >= 15 is 0 Å². The van der Waals surface area contributed by atoms with Crippen molar-refractivity contribution >= 4 is 10.9 Å². The van der Waals surface area contributed by atoms with Crippen molar-refractivity contribution in [3.63, 3.8) is 0 Å². The predicted molar refractivity (Wildman–Crippen MR) is 79.3 cm³/mol. The Morgan fingerprint density at radius 1 is 1.05 bits per heavy atom. The number of rotatable bonds is 4. The van der Waals surface area contributed by atoms with Crippen molar-refractivity contribution in [2.75, 3.05) is 7.05 Å². The van der Waals surface area contributed by atoms with Crippen LogP contribution in [-0.2, 0) is 6.42 Å². The van der Waals surface area contributed by atoms with Gasteiger partial charge in [0.05, 0.1) is 11.7 Å². The van der Waals surface area contributed by atoms with E-state index in [0.29, 0.717) is 0 Å². The Morgan fingerprint density at radius 2 is 1.95 bits per heavy atom. The van der Waals surface area contributed by atoms with Crippen LogP contribution in [0.4, 0.5) is 0 Å². The molecule has 0 saturated carbocycles. The molecule has 1 unspecified atom stereocenters. The van der Waals surface area contributed by atoms with E-state index in [4.69, 9.17) is 0 Å². The van der Waals surface area contributed by atoms with E-state index in [1.165, 1.54) is 10.9 Å². The SMILES string of the molecule is CNC(Cc1ccnc2ccccc12)c1ccnnc1. The average Bonchev–Trinajstić information content (AvgIpc) is 2.53. The van der Waals surface area contributed by atoms with Crippen molar-refractivity contribution in [2.24, 2.45) is 0 Å². The lowest BCUT2D eigenvalue weighted by atomic mass is 9.98. The number of nitrogens with zero attached hydrogens (tertiary/aromatic N) is 3. The number of fused-ring (bicyclic) bond motifs is 1. The Balaban J connectivity index is 1.96. The second-order valence-electron chi connectivity index (χ2n) is 4.71. The molecule has 0 bridgehead atoms. The molecule has 3 aromatic rings. The van der Waals surface area contributed by atoms with Crippen LogP contribution in [0.5, 0.6) is 0 Å². The van der Waals surface area contributed by atoms with Crippen LogP contribution in [0.25, 0.3) is 10.9 Å². The van der Waals surface area contributed by atoms with Crippen LogP contribution < -0.4 is 5.32 Å². The molecule has 1 aromatic carbocycles. The van der Waals surface area contributed by atoms with Gasteiger partial charge in [0.15, 0.2) is 0 Å². The molecule has 2 heterocycles. The number of hydrogen-bond donors (Lipinski definition) is 1. The summed E-state index contributed by atoms with van der Waals surface area (Å²) in [6.07, 6.45) is 6.30. The van der Waals surface area contributed by atoms with Crippen LogP contribution in [-0.4, -0.2) is 22.2 Å². The summed E-state index contributed by atoms with van der Waals surface area (Å²) >= 11 is 0. The molecule has 0 fully saturated rings. The van der Waals surface area contributed by atoms with Gasteiger partial charge in [-0.05, 0) is 42.8 Å². The third kappa shape index (κ3) is 2.51. The Bertz CT molecular complexity index is 692. The second kappa shape index (κ2) is 5.75. The van der Waals surface area contributed by atoms with E-state index in [9.17, 15) is 0 Å². The first-order valence-electron chi connectivity index (χ1n) is 6.65. The van der Waals surface area contributed by atoms with Crippen LogP contribution in [0.3, 0.4) is 0 Å². The van der Waals surface area contributed by atoms with Gasteiger partial charge in [-0.3, -0.25) is 4.98 Å². The summed E-state index contributed by atoms with van der Waals surface area (Å²) in [5, 5.41) is 12.3. The lowest BCUT2D eigenvalue weighted by Crippen LogP contribution is -2.19. The molecule has 2 aromatic heterocycles. The molecule has 20 heavy (non-hydrogen) atoms. The minimum absolute atomic E-state index is 0.219. The Kier molecular flexibility index (Phi) is 3.65. The summed E-state index contributed by atoms with van der Waals surface area (Å²) in [7, 11) is 1.97. The van der Waals surface area contributed by atoms with E-state index in [0.717, 1.165) is 17.5 Å². The van der Waals surface area contributed by atoms with E-state index in [2.05, 4.69) is 38.7 Å². The Morgan fingerprint density at radius 3 is 2.75 bits per heavy atom. The van der Waals surface area contributed by atoms with Gasteiger partial charge in [-0.25, -0.2) is 0 Å². The number of aromatic nitrogens is 3. The van der Waals surface area contributed by atoms with Crippen molar-refractivity contribution in [1.82, 2.24) is 20.5 Å². The fraction of sp³-hybridized carbons (Fsp3) is 0.188. The predicted octanol–water partition coefficient (Wildman–Crippen LogP) is 2.53. The lowest BCUT2D eigenvalue weighted by Gasteiger charge is -2.17. The molecule has 0 aliphatic rings. The summed E-state index contributed by atoms with van der Waals surface area (Å²) in [4.78, 5) is 4.40. The maximum Gasteiger partial charge on any atom is 0.0704 e. The van der Waals surface area contributed by atoms with Crippen molar-refractivity contribution in [1.29, 1.82) is 0 Å². The van der Waals surface area contributed by atoms with Crippen LogP contribution in [0.2, 0.25) is 0 Å². The van der Waals surface area contributed by atoms with Gasteiger partial charge < -0.3 is 5.32 Å². The minimum Gasteiger partial charge on any atom is -0.313 e. The molecule has 1 atom stereocenters. The van der Waals surface area contributed by atoms with E-state index in [1.54, 1.807) is 6.20 Å². The largest absolute Gasteiger partial charge is 0.313 e. The lowest BCUT2D eigenvalue weighted by molar-refractivity contribution is 0.589. The molecule has 0 aliphatic heterocycles. The minimum atomic E-state index is 0.219. The van der Waals surface area contributed by atoms with Gasteiger partial charge in [0.2, 0.25) is 0 Å². The zero-order valence-corrected chi connectivity index (χ0v) is 11.3. The number of hydrogen-bond acceptors (Lipinski definition) is 4. The fourth-order valence-electron chi connectivity index (χ4n) is 2.45. The first kappa shape index (κ1) is 12.7. The van der Waals surface area contributed by atoms with Crippen LogP contribution in [0.15, 0.2) is 55.0 Å². The number of pyridine rings is 1. The molecule has 1 N–H and O–H groups in total. The summed E-state index contributed by atoms with van der Waals surface area (Å²) in [5.74, 6) is 0. The number of likely N-dealkylation sites (N-methyl/N-ethyl adjacent to an activating group) is 1. The maximum atomic E-state index is 4.40. The molecule has 0 radical (unpaired) electrons. The van der Waals surface area contributed by atoms with Crippen molar-refractivity contribution in [3.8, 4) is 0 Å². The quantitative estimate of drug-likeness (QED) is 0.786. The van der Waals surface area contributed by atoms with Gasteiger partial charge >= 0.3 is 0 Å². The van der Waals surface area contributed by atoms with Crippen LogP contribution in [0.1, 0.15) is 17.2 Å². The molecule has 0 spiro atoms. The monoisotopic (exact) mass is 264 g/mol. The van der Waals surface area contributed by atoms with Gasteiger partial charge in [-0.15, -0.1) is 0 Å². The highest BCUT2D eigenvalue weighted by Gasteiger charge is 2.12. The topological polar surface area (TPSA) is 50.7 Å². The summed E-state index contributed by atoms with van der Waals surface area (Å²) in [6, 6.07) is 12.5. The van der Waals surface area contributed by atoms with Crippen molar-refractivity contribution in [3.05, 3.63) is 66.1 Å². The zero-order chi connectivity index (χ0) is 13.8. The normalized spacial score (nSPS) is 12.4. The van der Waals surface area contributed by atoms with Gasteiger partial charge in [-0.2, -0.15) is 10.2 Å². The molecule has 4 nitrogen and oxygen atoms in total. The molecule has 0 aliphatic carbocycles. The van der Waals surface area contributed by atoms with Gasteiger partial charge in [0.25, 0.3) is 0 Å². The second-order valence-corrected chi connectivity index (χ2v) is 4.71. The summed E-state index contributed by atoms with van der Waals surface area (Å²) in [6.45, 7) is 0. The molecule has 0 amide bonds. The van der Waals surface area contributed by atoms with Crippen molar-refractivity contribution in [2.45, 2.75) is 12.5 Å². The third-order valence-electron chi connectivity index (χ3n) is 3.52. The Labute approximate surface area is 117 Å². The van der Waals surface area contributed by atoms with Gasteiger partial charge in [-0.1, -0.05) is 18.2 Å². The summed E-state index contributed by atoms with van der Waals surface area (Å²) in [5.41, 5.74) is 3.46.